The lowest BCUT2D eigenvalue weighted by Crippen LogP contribution is -2.05. The number of hydrogen-bond acceptors (Lipinski definition) is 4. The number of H-pyrrole nitrogens is 1. The molecule has 1 aromatic carbocycles. The summed E-state index contributed by atoms with van der Waals surface area (Å²) in [5, 5.41) is 12.9. The fraction of sp³-hybridized carbons (Fsp3) is 0.0714. The molecule has 2 aromatic heterocycles. The Morgan fingerprint density at radius 2 is 2.10 bits per heavy atom. The number of carboxylic acids is 1. The van der Waals surface area contributed by atoms with Crippen molar-refractivity contribution in [2.24, 2.45) is 0 Å². The van der Waals surface area contributed by atoms with Crippen LogP contribution in [-0.4, -0.2) is 33.1 Å². The number of aromatic amines is 1. The Morgan fingerprint density at radius 3 is 2.85 bits per heavy atom. The van der Waals surface area contributed by atoms with Crippen molar-refractivity contribution in [2.75, 3.05) is 12.4 Å². The van der Waals surface area contributed by atoms with Gasteiger partial charge in [-0.25, -0.2) is 14.8 Å². The van der Waals surface area contributed by atoms with E-state index in [1.54, 1.807) is 13.2 Å². The van der Waals surface area contributed by atoms with Crippen molar-refractivity contribution in [1.82, 2.24) is 15.0 Å². The number of aromatic carboxylic acids is 1. The SMILES string of the molecule is CNc1cc(C(=O)O)nc(-c2c[nH]c3ccccc23)n1. The first-order chi connectivity index (χ1) is 9.69. The summed E-state index contributed by atoms with van der Waals surface area (Å²) in [5.41, 5.74) is 1.70. The second-order valence-electron chi connectivity index (χ2n) is 4.27. The van der Waals surface area contributed by atoms with Gasteiger partial charge in [0.25, 0.3) is 0 Å². The van der Waals surface area contributed by atoms with Crippen molar-refractivity contribution in [3.05, 3.63) is 42.2 Å². The van der Waals surface area contributed by atoms with Crippen molar-refractivity contribution in [1.29, 1.82) is 0 Å². The number of carbonyl (C=O) groups is 1. The summed E-state index contributed by atoms with van der Waals surface area (Å²) in [7, 11) is 1.69. The smallest absolute Gasteiger partial charge is 0.354 e. The van der Waals surface area contributed by atoms with Crippen LogP contribution in [0.2, 0.25) is 0 Å². The lowest BCUT2D eigenvalue weighted by atomic mass is 10.1. The van der Waals surface area contributed by atoms with Crippen LogP contribution in [0, 0.1) is 0 Å². The fourth-order valence-corrected chi connectivity index (χ4v) is 2.06. The number of carboxylic acid groups (broad SMARTS) is 1. The Hall–Kier alpha value is -2.89. The lowest BCUT2D eigenvalue weighted by Gasteiger charge is -2.04. The minimum absolute atomic E-state index is 0.0374. The zero-order valence-corrected chi connectivity index (χ0v) is 10.7. The van der Waals surface area contributed by atoms with Gasteiger partial charge in [-0.3, -0.25) is 0 Å². The maximum Gasteiger partial charge on any atom is 0.354 e. The van der Waals surface area contributed by atoms with Gasteiger partial charge in [0.15, 0.2) is 11.5 Å². The number of hydrogen-bond donors (Lipinski definition) is 3. The Balaban J connectivity index is 2.23. The van der Waals surface area contributed by atoms with Crippen LogP contribution < -0.4 is 5.32 Å². The van der Waals surface area contributed by atoms with E-state index in [1.807, 2.05) is 24.3 Å². The Morgan fingerprint density at radius 1 is 1.30 bits per heavy atom. The third-order valence-electron chi connectivity index (χ3n) is 3.03. The molecule has 2 heterocycles. The predicted molar refractivity (Wildman–Crippen MR) is 75.8 cm³/mol. The summed E-state index contributed by atoms with van der Waals surface area (Å²) in [6, 6.07) is 9.13. The monoisotopic (exact) mass is 268 g/mol. The molecule has 3 rings (SSSR count). The van der Waals surface area contributed by atoms with E-state index in [9.17, 15) is 4.79 Å². The van der Waals surface area contributed by atoms with Crippen LogP contribution in [0.4, 0.5) is 5.82 Å². The predicted octanol–water partition coefficient (Wildman–Crippen LogP) is 2.36. The Labute approximate surface area is 114 Å². The number of para-hydroxylation sites is 1. The van der Waals surface area contributed by atoms with E-state index >= 15 is 0 Å². The van der Waals surface area contributed by atoms with Crippen LogP contribution in [0.25, 0.3) is 22.3 Å². The van der Waals surface area contributed by atoms with E-state index in [2.05, 4.69) is 20.3 Å². The topological polar surface area (TPSA) is 90.9 Å². The number of nitrogens with zero attached hydrogens (tertiary/aromatic N) is 2. The van der Waals surface area contributed by atoms with Gasteiger partial charge < -0.3 is 15.4 Å². The average molecular weight is 268 g/mol. The number of aromatic nitrogens is 3. The summed E-state index contributed by atoms with van der Waals surface area (Å²) >= 11 is 0. The van der Waals surface area contributed by atoms with E-state index in [0.29, 0.717) is 11.6 Å². The summed E-state index contributed by atoms with van der Waals surface area (Å²) in [6.07, 6.45) is 1.78. The van der Waals surface area contributed by atoms with Gasteiger partial charge in [-0.15, -0.1) is 0 Å². The Kier molecular flexibility index (Phi) is 2.83. The highest BCUT2D eigenvalue weighted by Gasteiger charge is 2.14. The molecule has 0 amide bonds. The van der Waals surface area contributed by atoms with E-state index < -0.39 is 5.97 Å². The molecule has 0 saturated carbocycles. The molecule has 20 heavy (non-hydrogen) atoms. The largest absolute Gasteiger partial charge is 0.477 e. The van der Waals surface area contributed by atoms with Crippen molar-refractivity contribution < 1.29 is 9.90 Å². The van der Waals surface area contributed by atoms with Crippen LogP contribution in [0.15, 0.2) is 36.5 Å². The third kappa shape index (κ3) is 1.97. The quantitative estimate of drug-likeness (QED) is 0.678. The van der Waals surface area contributed by atoms with Crippen LogP contribution >= 0.6 is 0 Å². The molecule has 0 radical (unpaired) electrons. The highest BCUT2D eigenvalue weighted by molar-refractivity contribution is 5.94. The molecular formula is C14H12N4O2. The van der Waals surface area contributed by atoms with Crippen molar-refractivity contribution >= 4 is 22.7 Å². The molecular weight excluding hydrogens is 256 g/mol. The summed E-state index contributed by atoms with van der Waals surface area (Å²) in [6.45, 7) is 0. The molecule has 0 aliphatic rings. The van der Waals surface area contributed by atoms with Gasteiger partial charge in [0.1, 0.15) is 5.82 Å². The molecule has 0 saturated heterocycles. The first kappa shape index (κ1) is 12.2. The van der Waals surface area contributed by atoms with E-state index in [4.69, 9.17) is 5.11 Å². The number of rotatable bonds is 3. The molecule has 0 spiro atoms. The molecule has 0 fully saturated rings. The first-order valence-electron chi connectivity index (χ1n) is 6.05. The fourth-order valence-electron chi connectivity index (χ4n) is 2.06. The molecule has 6 heteroatoms. The lowest BCUT2D eigenvalue weighted by molar-refractivity contribution is 0.0690. The van der Waals surface area contributed by atoms with Gasteiger partial charge in [0, 0.05) is 35.8 Å². The Bertz CT molecular complexity index is 795. The molecule has 6 nitrogen and oxygen atoms in total. The molecule has 0 atom stereocenters. The van der Waals surface area contributed by atoms with Crippen LogP contribution in [0.3, 0.4) is 0 Å². The van der Waals surface area contributed by atoms with Crippen molar-refractivity contribution in [3.63, 3.8) is 0 Å². The maximum atomic E-state index is 11.1. The van der Waals surface area contributed by atoms with E-state index in [0.717, 1.165) is 16.5 Å². The molecule has 0 unspecified atom stereocenters. The minimum Gasteiger partial charge on any atom is -0.477 e. The van der Waals surface area contributed by atoms with Gasteiger partial charge in [-0.1, -0.05) is 18.2 Å². The standard InChI is InChI=1S/C14H12N4O2/c1-15-12-6-11(14(19)20)17-13(18-12)9-7-16-10-5-3-2-4-8(9)10/h2-7,16H,1H3,(H,19,20)(H,15,17,18). The molecule has 100 valence electrons. The molecule has 0 bridgehead atoms. The van der Waals surface area contributed by atoms with Crippen molar-refractivity contribution in [2.45, 2.75) is 0 Å². The second-order valence-corrected chi connectivity index (χ2v) is 4.27. The number of anilines is 1. The molecule has 3 aromatic rings. The normalized spacial score (nSPS) is 10.7. The van der Waals surface area contributed by atoms with E-state index in [1.165, 1.54) is 6.07 Å². The summed E-state index contributed by atoms with van der Waals surface area (Å²) in [4.78, 5) is 22.7. The van der Waals surface area contributed by atoms with Crippen LogP contribution in [-0.2, 0) is 0 Å². The average Bonchev–Trinajstić information content (AvgIpc) is 2.90. The minimum atomic E-state index is -1.08. The van der Waals surface area contributed by atoms with Crippen LogP contribution in [0.1, 0.15) is 10.5 Å². The molecule has 3 N–H and O–H groups in total. The zero-order chi connectivity index (χ0) is 14.1. The number of benzene rings is 1. The number of nitrogens with one attached hydrogen (secondary N) is 2. The third-order valence-corrected chi connectivity index (χ3v) is 3.03. The van der Waals surface area contributed by atoms with Crippen LogP contribution in [0.5, 0.6) is 0 Å². The highest BCUT2D eigenvalue weighted by Crippen LogP contribution is 2.26. The molecule has 0 aliphatic heterocycles. The van der Waals surface area contributed by atoms with Crippen molar-refractivity contribution in [3.8, 4) is 11.4 Å². The zero-order valence-electron chi connectivity index (χ0n) is 10.7. The summed E-state index contributed by atoms with van der Waals surface area (Å²) in [5.74, 6) is -0.227. The molecule has 0 aliphatic carbocycles. The van der Waals surface area contributed by atoms with Gasteiger partial charge in [0.2, 0.25) is 0 Å². The highest BCUT2D eigenvalue weighted by atomic mass is 16.4. The summed E-state index contributed by atoms with van der Waals surface area (Å²) < 4.78 is 0. The maximum absolute atomic E-state index is 11.1. The van der Waals surface area contributed by atoms with Gasteiger partial charge in [-0.2, -0.15) is 0 Å². The van der Waals surface area contributed by atoms with Gasteiger partial charge in [0.05, 0.1) is 0 Å². The van der Waals surface area contributed by atoms with Gasteiger partial charge in [-0.05, 0) is 6.07 Å². The first-order valence-corrected chi connectivity index (χ1v) is 6.05. The van der Waals surface area contributed by atoms with E-state index in [-0.39, 0.29) is 5.69 Å². The second kappa shape index (κ2) is 4.65. The number of fused-ring (bicyclic) bond motifs is 1. The van der Waals surface area contributed by atoms with Gasteiger partial charge >= 0.3 is 5.97 Å².